The number of ketones is 2. The molecular formula is C29H60O7. The monoisotopic (exact) mass is 520 g/mol. The van der Waals surface area contributed by atoms with Crippen LogP contribution in [0.2, 0.25) is 0 Å². The van der Waals surface area contributed by atoms with Gasteiger partial charge in [-0.25, -0.2) is 0 Å². The molecule has 7 heteroatoms. The van der Waals surface area contributed by atoms with Gasteiger partial charge in [-0.3, -0.25) is 14.4 Å². The second kappa shape index (κ2) is 22.9. The molecule has 218 valence electrons. The highest BCUT2D eigenvalue weighted by atomic mass is 16.6. The SMILES string of the molecule is CC.CC.CC.CC.CC[C@H]1OC(=O)[C@H](C)C(=O)[C@H](C)[C@@H](OC)[C@@H](C)C[C@@H](C)C(=O)C[C@@H](O)[C@]1(C)O. The van der Waals surface area contributed by atoms with Gasteiger partial charge in [-0.2, -0.15) is 0 Å². The van der Waals surface area contributed by atoms with E-state index in [0.717, 1.165) is 0 Å². The molecule has 0 aliphatic carbocycles. The molecule has 1 fully saturated rings. The van der Waals surface area contributed by atoms with E-state index in [1.807, 2.05) is 62.3 Å². The van der Waals surface area contributed by atoms with Crippen molar-refractivity contribution in [1.82, 2.24) is 0 Å². The van der Waals surface area contributed by atoms with E-state index in [0.29, 0.717) is 6.42 Å². The fourth-order valence-corrected chi connectivity index (χ4v) is 4.10. The Morgan fingerprint density at radius 2 is 1.39 bits per heavy atom. The van der Waals surface area contributed by atoms with Crippen molar-refractivity contribution >= 4 is 17.5 Å². The molecule has 0 amide bonds. The molecular weight excluding hydrogens is 460 g/mol. The van der Waals surface area contributed by atoms with Gasteiger partial charge in [-0.05, 0) is 32.6 Å². The Kier molecular flexibility index (Phi) is 26.5. The molecule has 36 heavy (non-hydrogen) atoms. The number of ether oxygens (including phenoxy) is 2. The first-order chi connectivity index (χ1) is 16.9. The summed E-state index contributed by atoms with van der Waals surface area (Å²) in [6.07, 6.45) is -2.41. The van der Waals surface area contributed by atoms with Crippen LogP contribution in [0.25, 0.3) is 0 Å². The van der Waals surface area contributed by atoms with Crippen LogP contribution in [0.5, 0.6) is 0 Å². The minimum atomic E-state index is -1.81. The quantitative estimate of drug-likeness (QED) is 0.338. The first kappa shape index (κ1) is 41.8. The average molecular weight is 521 g/mol. The molecule has 2 N–H and O–H groups in total. The standard InChI is InChI=1S/C21H36O7.4C2H6/c1-8-17-21(6,26)16(23)10-15(22)11(2)9-12(3)19(27-7)13(4)18(24)14(5)20(25)28-17;4*1-2/h11-14,16-17,19,23,26H,8-10H2,1-7H3;4*1-2H3/t11-,12+,13+,14-,16-,17-,19+,21+;;;;/m1..../s1. The summed E-state index contributed by atoms with van der Waals surface area (Å²) in [4.78, 5) is 38.0. The summed E-state index contributed by atoms with van der Waals surface area (Å²) in [7, 11) is 1.51. The maximum atomic E-state index is 12.8. The summed E-state index contributed by atoms with van der Waals surface area (Å²) < 4.78 is 10.9. The van der Waals surface area contributed by atoms with E-state index in [2.05, 4.69) is 0 Å². The van der Waals surface area contributed by atoms with Crippen LogP contribution in [0.1, 0.15) is 116 Å². The molecule has 0 saturated carbocycles. The Labute approximate surface area is 222 Å². The lowest BCUT2D eigenvalue weighted by Gasteiger charge is -2.37. The summed E-state index contributed by atoms with van der Waals surface area (Å²) in [6, 6.07) is 0. The Morgan fingerprint density at radius 3 is 1.78 bits per heavy atom. The zero-order chi connectivity index (χ0) is 29.8. The predicted octanol–water partition coefficient (Wildman–Crippen LogP) is 6.02. The average Bonchev–Trinajstić information content (AvgIpc) is 2.90. The highest BCUT2D eigenvalue weighted by Crippen LogP contribution is 2.30. The van der Waals surface area contributed by atoms with Crippen LogP contribution in [0.15, 0.2) is 0 Å². The third kappa shape index (κ3) is 12.8. The molecule has 0 aromatic heterocycles. The Hall–Kier alpha value is -1.31. The van der Waals surface area contributed by atoms with Crippen molar-refractivity contribution in [3.63, 3.8) is 0 Å². The first-order valence-corrected chi connectivity index (χ1v) is 14.1. The molecule has 1 aliphatic rings. The molecule has 0 spiro atoms. The number of aliphatic hydroxyl groups is 2. The van der Waals surface area contributed by atoms with Crippen LogP contribution in [-0.2, 0) is 23.9 Å². The van der Waals surface area contributed by atoms with Gasteiger partial charge >= 0.3 is 5.97 Å². The maximum Gasteiger partial charge on any atom is 0.316 e. The van der Waals surface area contributed by atoms with Crippen LogP contribution in [0.4, 0.5) is 0 Å². The van der Waals surface area contributed by atoms with E-state index >= 15 is 0 Å². The van der Waals surface area contributed by atoms with E-state index in [1.165, 1.54) is 21.0 Å². The number of aliphatic hydroxyl groups excluding tert-OH is 1. The Bertz CT molecular complexity index is 574. The third-order valence-electron chi connectivity index (χ3n) is 6.18. The molecule has 1 rings (SSSR count). The summed E-state index contributed by atoms with van der Waals surface area (Å²) in [6.45, 7) is 25.9. The largest absolute Gasteiger partial charge is 0.459 e. The molecule has 1 aliphatic heterocycles. The number of esters is 1. The van der Waals surface area contributed by atoms with E-state index in [-0.39, 0.29) is 36.2 Å². The number of methoxy groups -OCH3 is 1. The van der Waals surface area contributed by atoms with Gasteiger partial charge in [0.2, 0.25) is 0 Å². The molecule has 1 saturated heterocycles. The van der Waals surface area contributed by atoms with Crippen LogP contribution in [-0.4, -0.2) is 58.8 Å². The van der Waals surface area contributed by atoms with Crippen LogP contribution in [0.3, 0.4) is 0 Å². The molecule has 8 atom stereocenters. The molecule has 0 bridgehead atoms. The molecule has 0 aromatic carbocycles. The van der Waals surface area contributed by atoms with Crippen LogP contribution in [0, 0.1) is 23.7 Å². The van der Waals surface area contributed by atoms with Crippen molar-refractivity contribution in [2.45, 2.75) is 140 Å². The van der Waals surface area contributed by atoms with Crippen LogP contribution < -0.4 is 0 Å². The van der Waals surface area contributed by atoms with E-state index in [4.69, 9.17) is 9.47 Å². The van der Waals surface area contributed by atoms with Gasteiger partial charge in [0.05, 0.1) is 12.2 Å². The van der Waals surface area contributed by atoms with E-state index < -0.39 is 41.7 Å². The minimum Gasteiger partial charge on any atom is -0.459 e. The van der Waals surface area contributed by atoms with Gasteiger partial charge in [0, 0.05) is 25.4 Å². The first-order valence-electron chi connectivity index (χ1n) is 14.1. The molecule has 7 nitrogen and oxygen atoms in total. The Morgan fingerprint density at radius 1 is 0.944 bits per heavy atom. The van der Waals surface area contributed by atoms with Gasteiger partial charge in [0.25, 0.3) is 0 Å². The number of hydrogen-bond acceptors (Lipinski definition) is 7. The fourth-order valence-electron chi connectivity index (χ4n) is 4.10. The van der Waals surface area contributed by atoms with Gasteiger partial charge < -0.3 is 19.7 Å². The third-order valence-corrected chi connectivity index (χ3v) is 6.18. The highest BCUT2D eigenvalue weighted by molar-refractivity contribution is 6.00. The van der Waals surface area contributed by atoms with E-state index in [1.54, 1.807) is 20.8 Å². The van der Waals surface area contributed by atoms with Gasteiger partial charge in [0.15, 0.2) is 5.78 Å². The topological polar surface area (TPSA) is 110 Å². The fraction of sp³-hybridized carbons (Fsp3) is 0.897. The molecule has 0 unspecified atom stereocenters. The lowest BCUT2D eigenvalue weighted by molar-refractivity contribution is -0.185. The lowest BCUT2D eigenvalue weighted by atomic mass is 9.79. The minimum absolute atomic E-state index is 0.116. The van der Waals surface area contributed by atoms with Gasteiger partial charge in [-0.1, -0.05) is 83.1 Å². The van der Waals surface area contributed by atoms with Crippen molar-refractivity contribution in [3.05, 3.63) is 0 Å². The van der Waals surface area contributed by atoms with Crippen molar-refractivity contribution in [1.29, 1.82) is 0 Å². The number of cyclic esters (lactones) is 1. The van der Waals surface area contributed by atoms with Gasteiger partial charge in [0.1, 0.15) is 23.4 Å². The number of rotatable bonds is 2. The normalized spacial score (nSPS) is 33.4. The smallest absolute Gasteiger partial charge is 0.316 e. The van der Waals surface area contributed by atoms with Crippen molar-refractivity contribution in [2.24, 2.45) is 23.7 Å². The summed E-state index contributed by atoms with van der Waals surface area (Å²) in [5.74, 6) is -3.33. The second-order valence-corrected chi connectivity index (χ2v) is 8.47. The molecule has 0 radical (unpaired) electrons. The summed E-state index contributed by atoms with van der Waals surface area (Å²) in [5.41, 5.74) is -1.81. The summed E-state index contributed by atoms with van der Waals surface area (Å²) in [5, 5.41) is 21.3. The number of Topliss-reactive ketones (excluding diaryl/α,β-unsaturated/α-hetero) is 2. The van der Waals surface area contributed by atoms with Gasteiger partial charge in [-0.15, -0.1) is 0 Å². The number of hydrogen-bond donors (Lipinski definition) is 2. The predicted molar refractivity (Wildman–Crippen MR) is 149 cm³/mol. The van der Waals surface area contributed by atoms with Crippen molar-refractivity contribution in [3.8, 4) is 0 Å². The summed E-state index contributed by atoms with van der Waals surface area (Å²) >= 11 is 0. The van der Waals surface area contributed by atoms with Crippen LogP contribution >= 0.6 is 0 Å². The van der Waals surface area contributed by atoms with Crippen molar-refractivity contribution < 1.29 is 34.1 Å². The highest BCUT2D eigenvalue weighted by Gasteiger charge is 2.44. The maximum absolute atomic E-state index is 12.8. The Balaban J connectivity index is -0.000000579. The lowest BCUT2D eigenvalue weighted by Crippen LogP contribution is -2.53. The zero-order valence-electron chi connectivity index (χ0n) is 26.1. The molecule has 1 heterocycles. The second-order valence-electron chi connectivity index (χ2n) is 8.47. The van der Waals surface area contributed by atoms with Crippen molar-refractivity contribution in [2.75, 3.05) is 7.11 Å². The zero-order valence-corrected chi connectivity index (χ0v) is 26.1. The molecule has 0 aromatic rings. The van der Waals surface area contributed by atoms with E-state index in [9.17, 15) is 24.6 Å². The number of carbonyl (C=O) groups excluding carboxylic acids is 3. The number of carbonyl (C=O) groups is 3.